The Morgan fingerprint density at radius 1 is 1.38 bits per heavy atom. The Hall–Kier alpha value is -2.30. The second kappa shape index (κ2) is 7.99. The first kappa shape index (κ1) is 16.6. The molecule has 2 heterocycles. The van der Waals surface area contributed by atoms with Crippen LogP contribution in [-0.4, -0.2) is 30.7 Å². The molecule has 24 heavy (non-hydrogen) atoms. The smallest absolute Gasteiger partial charge is 0.273 e. The van der Waals surface area contributed by atoms with Crippen molar-refractivity contribution in [3.05, 3.63) is 47.3 Å². The van der Waals surface area contributed by atoms with E-state index < -0.39 is 0 Å². The van der Waals surface area contributed by atoms with Gasteiger partial charge in [0.15, 0.2) is 5.69 Å². The number of nitrogens with one attached hydrogen (secondary N) is 1. The fourth-order valence-electron chi connectivity index (χ4n) is 3.19. The summed E-state index contributed by atoms with van der Waals surface area (Å²) in [4.78, 5) is 14.5. The van der Waals surface area contributed by atoms with Gasteiger partial charge >= 0.3 is 0 Å². The average molecular weight is 327 g/mol. The van der Waals surface area contributed by atoms with Gasteiger partial charge in [-0.1, -0.05) is 30.3 Å². The Balaban J connectivity index is 1.45. The summed E-state index contributed by atoms with van der Waals surface area (Å²) in [6, 6.07) is 10.3. The SMILES string of the molecule is CCCc1cc(C(=O)NCCCN2CCCc3ccccc32)no1. The summed E-state index contributed by atoms with van der Waals surface area (Å²) >= 11 is 0. The van der Waals surface area contributed by atoms with Crippen LogP contribution in [0.5, 0.6) is 0 Å². The molecule has 128 valence electrons. The molecule has 0 atom stereocenters. The lowest BCUT2D eigenvalue weighted by Crippen LogP contribution is -2.33. The molecule has 0 fully saturated rings. The minimum Gasteiger partial charge on any atom is -0.371 e. The Labute approximate surface area is 143 Å². The third-order valence-electron chi connectivity index (χ3n) is 4.38. The number of para-hydroxylation sites is 1. The highest BCUT2D eigenvalue weighted by Crippen LogP contribution is 2.26. The zero-order valence-corrected chi connectivity index (χ0v) is 14.3. The van der Waals surface area contributed by atoms with Gasteiger partial charge in [-0.2, -0.15) is 0 Å². The Bertz CT molecular complexity index is 681. The highest BCUT2D eigenvalue weighted by molar-refractivity contribution is 5.92. The van der Waals surface area contributed by atoms with E-state index in [0.717, 1.165) is 44.5 Å². The zero-order chi connectivity index (χ0) is 16.8. The van der Waals surface area contributed by atoms with Crippen LogP contribution < -0.4 is 10.2 Å². The number of rotatable bonds is 7. The van der Waals surface area contributed by atoms with E-state index in [4.69, 9.17) is 4.52 Å². The van der Waals surface area contributed by atoms with E-state index in [0.29, 0.717) is 12.2 Å². The highest BCUT2D eigenvalue weighted by Gasteiger charge is 2.16. The third kappa shape index (κ3) is 3.96. The van der Waals surface area contributed by atoms with Crippen LogP contribution in [0.2, 0.25) is 0 Å². The van der Waals surface area contributed by atoms with Crippen molar-refractivity contribution in [2.75, 3.05) is 24.5 Å². The first-order valence-corrected chi connectivity index (χ1v) is 8.84. The molecule has 2 aromatic rings. The van der Waals surface area contributed by atoms with E-state index in [1.165, 1.54) is 17.7 Å². The number of aryl methyl sites for hydroxylation is 2. The van der Waals surface area contributed by atoms with Crippen molar-refractivity contribution in [2.24, 2.45) is 0 Å². The van der Waals surface area contributed by atoms with E-state index >= 15 is 0 Å². The van der Waals surface area contributed by atoms with E-state index in [1.54, 1.807) is 6.07 Å². The quantitative estimate of drug-likeness (QED) is 0.794. The van der Waals surface area contributed by atoms with Crippen molar-refractivity contribution in [3.63, 3.8) is 0 Å². The van der Waals surface area contributed by atoms with Crippen LogP contribution in [0.3, 0.4) is 0 Å². The van der Waals surface area contributed by atoms with E-state index in [-0.39, 0.29) is 5.91 Å². The summed E-state index contributed by atoms with van der Waals surface area (Å²) in [5, 5.41) is 6.77. The van der Waals surface area contributed by atoms with Crippen LogP contribution >= 0.6 is 0 Å². The first-order chi connectivity index (χ1) is 11.8. The first-order valence-electron chi connectivity index (χ1n) is 8.84. The van der Waals surface area contributed by atoms with Crippen molar-refractivity contribution in [3.8, 4) is 0 Å². The second-order valence-electron chi connectivity index (χ2n) is 6.26. The number of carbonyl (C=O) groups is 1. The number of hydrogen-bond acceptors (Lipinski definition) is 4. The number of amides is 1. The molecule has 5 nitrogen and oxygen atoms in total. The molecule has 1 aromatic carbocycles. The van der Waals surface area contributed by atoms with Crippen molar-refractivity contribution < 1.29 is 9.32 Å². The molecule has 0 saturated carbocycles. The molecule has 3 rings (SSSR count). The van der Waals surface area contributed by atoms with Crippen LogP contribution in [0.4, 0.5) is 5.69 Å². The summed E-state index contributed by atoms with van der Waals surface area (Å²) in [5.41, 5.74) is 3.15. The van der Waals surface area contributed by atoms with Crippen LogP contribution in [0.1, 0.15) is 48.0 Å². The summed E-state index contributed by atoms with van der Waals surface area (Å²) < 4.78 is 5.15. The predicted molar refractivity (Wildman–Crippen MR) is 94.4 cm³/mol. The fraction of sp³-hybridized carbons (Fsp3) is 0.474. The maximum atomic E-state index is 12.1. The van der Waals surface area contributed by atoms with Crippen LogP contribution in [0.25, 0.3) is 0 Å². The largest absolute Gasteiger partial charge is 0.371 e. The van der Waals surface area contributed by atoms with Gasteiger partial charge in [0.1, 0.15) is 5.76 Å². The molecule has 1 N–H and O–H groups in total. The molecule has 0 spiro atoms. The van der Waals surface area contributed by atoms with E-state index in [1.807, 2.05) is 0 Å². The lowest BCUT2D eigenvalue weighted by molar-refractivity contribution is 0.0944. The molecule has 1 aromatic heterocycles. The Morgan fingerprint density at radius 2 is 2.25 bits per heavy atom. The zero-order valence-electron chi connectivity index (χ0n) is 14.3. The van der Waals surface area contributed by atoms with Crippen LogP contribution in [0.15, 0.2) is 34.9 Å². The molecule has 0 aliphatic carbocycles. The molecule has 0 saturated heterocycles. The number of fused-ring (bicyclic) bond motifs is 1. The van der Waals surface area contributed by atoms with Crippen molar-refractivity contribution >= 4 is 11.6 Å². The van der Waals surface area contributed by atoms with Gasteiger partial charge in [0.05, 0.1) is 0 Å². The molecular weight excluding hydrogens is 302 g/mol. The number of anilines is 1. The minimum atomic E-state index is -0.153. The maximum Gasteiger partial charge on any atom is 0.273 e. The summed E-state index contributed by atoms with van der Waals surface area (Å²) in [6.07, 6.45) is 5.07. The Kier molecular flexibility index (Phi) is 5.51. The molecule has 1 aliphatic heterocycles. The number of nitrogens with zero attached hydrogens (tertiary/aromatic N) is 2. The second-order valence-corrected chi connectivity index (χ2v) is 6.26. The van der Waals surface area contributed by atoms with Gasteiger partial charge in [-0.15, -0.1) is 0 Å². The summed E-state index contributed by atoms with van der Waals surface area (Å²) in [5.74, 6) is 0.618. The molecule has 0 radical (unpaired) electrons. The van der Waals surface area contributed by atoms with Crippen molar-refractivity contribution in [1.29, 1.82) is 0 Å². The monoisotopic (exact) mass is 327 g/mol. The van der Waals surface area contributed by atoms with Crippen molar-refractivity contribution in [2.45, 2.75) is 39.0 Å². The van der Waals surface area contributed by atoms with Gasteiger partial charge < -0.3 is 14.7 Å². The third-order valence-corrected chi connectivity index (χ3v) is 4.38. The molecule has 1 aliphatic rings. The average Bonchev–Trinajstić information content (AvgIpc) is 3.08. The lowest BCUT2D eigenvalue weighted by Gasteiger charge is -2.31. The van der Waals surface area contributed by atoms with Gasteiger partial charge in [0.25, 0.3) is 5.91 Å². The van der Waals surface area contributed by atoms with Gasteiger partial charge in [0.2, 0.25) is 0 Å². The minimum absolute atomic E-state index is 0.153. The molecular formula is C19H25N3O2. The maximum absolute atomic E-state index is 12.1. The molecule has 1 amide bonds. The van der Waals surface area contributed by atoms with E-state index in [2.05, 4.69) is 46.6 Å². The van der Waals surface area contributed by atoms with Crippen LogP contribution in [-0.2, 0) is 12.8 Å². The van der Waals surface area contributed by atoms with Gasteiger partial charge in [-0.3, -0.25) is 4.79 Å². The highest BCUT2D eigenvalue weighted by atomic mass is 16.5. The normalized spacial score (nSPS) is 13.6. The van der Waals surface area contributed by atoms with Gasteiger partial charge in [0, 0.05) is 37.8 Å². The standard InChI is InChI=1S/C19H25N3O2/c1-2-7-16-14-17(21-24-16)19(23)20-11-6-13-22-12-5-9-15-8-3-4-10-18(15)22/h3-4,8,10,14H,2,5-7,9,11-13H2,1H3,(H,20,23). The lowest BCUT2D eigenvalue weighted by atomic mass is 10.0. The van der Waals surface area contributed by atoms with Gasteiger partial charge in [-0.25, -0.2) is 0 Å². The topological polar surface area (TPSA) is 58.4 Å². The Morgan fingerprint density at radius 3 is 3.12 bits per heavy atom. The molecule has 0 unspecified atom stereocenters. The van der Waals surface area contributed by atoms with Crippen LogP contribution in [0, 0.1) is 0 Å². The molecule has 0 bridgehead atoms. The fourth-order valence-corrected chi connectivity index (χ4v) is 3.19. The number of hydrogen-bond donors (Lipinski definition) is 1. The predicted octanol–water partition coefficient (Wildman–Crippen LogP) is 3.20. The molecule has 5 heteroatoms. The number of carbonyl (C=O) groups excluding carboxylic acids is 1. The van der Waals surface area contributed by atoms with E-state index in [9.17, 15) is 4.79 Å². The number of benzene rings is 1. The summed E-state index contributed by atoms with van der Waals surface area (Å²) in [7, 11) is 0. The van der Waals surface area contributed by atoms with Crippen molar-refractivity contribution in [1.82, 2.24) is 10.5 Å². The van der Waals surface area contributed by atoms with Gasteiger partial charge in [-0.05, 0) is 37.3 Å². The number of aromatic nitrogens is 1. The summed E-state index contributed by atoms with van der Waals surface area (Å²) in [6.45, 7) is 4.76.